The molecule has 0 heterocycles. The molecule has 5 radical (unpaired) electrons. The van der Waals surface area contributed by atoms with Crippen LogP contribution in [0.5, 0.6) is 0 Å². The third kappa shape index (κ3) is 10.4. The van der Waals surface area contributed by atoms with Crippen molar-refractivity contribution in [1.29, 1.82) is 0 Å². The number of hydrogen-bond donors (Lipinski definition) is 0. The van der Waals surface area contributed by atoms with E-state index in [9.17, 15) is 0 Å². The molecular formula is BaKLaNa. The van der Waals surface area contributed by atoms with Crippen LogP contribution in [0.1, 0.15) is 0 Å². The minimum Gasteiger partial charge on any atom is 0 e. The molecule has 0 rings (SSSR count). The summed E-state index contributed by atoms with van der Waals surface area (Å²) in [4.78, 5) is 0. The maximum absolute atomic E-state index is 0. The second-order valence-electron chi connectivity index (χ2n) is 0. The zero-order chi connectivity index (χ0) is 0. The van der Waals surface area contributed by atoms with Crippen LogP contribution in [0.15, 0.2) is 0 Å². The van der Waals surface area contributed by atoms with Gasteiger partial charge in [0.1, 0.15) is 0 Å². The van der Waals surface area contributed by atoms with Gasteiger partial charge in [0.15, 0.2) is 0 Å². The van der Waals surface area contributed by atoms with Gasteiger partial charge in [0.05, 0.1) is 0 Å². The maximum atomic E-state index is 0. The zero-order valence-corrected chi connectivity index (χ0v) is 16.5. The summed E-state index contributed by atoms with van der Waals surface area (Å²) in [7, 11) is 0. The molecule has 0 spiro atoms. The molecule has 0 aliphatic carbocycles. The Kier molecular flexibility index (Phi) is 89.7. The molecule has 0 atom stereocenters. The van der Waals surface area contributed by atoms with Crippen molar-refractivity contribution in [3.8, 4) is 0 Å². The van der Waals surface area contributed by atoms with Crippen LogP contribution >= 0.6 is 0 Å². The van der Waals surface area contributed by atoms with Gasteiger partial charge in [-0.05, 0) is 0 Å². The van der Waals surface area contributed by atoms with Gasteiger partial charge in [-0.2, -0.15) is 0 Å². The Bertz CT molecular complexity index is 8.00. The molecule has 0 unspecified atom stereocenters. The molecule has 7 valence electrons. The van der Waals surface area contributed by atoms with Crippen LogP contribution in [0.3, 0.4) is 0 Å². The van der Waals surface area contributed by atoms with Gasteiger partial charge < -0.3 is 0 Å². The molecule has 4 heteroatoms. The molecule has 0 N–H and O–H groups in total. The predicted molar refractivity (Wildman–Crippen MR) is 17.3 cm³/mol. The van der Waals surface area contributed by atoms with Crippen molar-refractivity contribution in [3.05, 3.63) is 0 Å². The molecule has 0 aromatic heterocycles. The number of rotatable bonds is 0. The minimum absolute atomic E-state index is 0. The van der Waals surface area contributed by atoms with Gasteiger partial charge in [-0.3, -0.25) is 0 Å². The van der Waals surface area contributed by atoms with Crippen LogP contribution in [-0.4, -0.2) is 130 Å². The first-order valence-corrected chi connectivity index (χ1v) is 0. The zero-order valence-electron chi connectivity index (χ0n) is 3.28. The summed E-state index contributed by atoms with van der Waals surface area (Å²) < 4.78 is 0. The summed E-state index contributed by atoms with van der Waals surface area (Å²) in [5.41, 5.74) is 0. The Balaban J connectivity index is 0. The Labute approximate surface area is 159 Å². The van der Waals surface area contributed by atoms with Gasteiger partial charge >= 0.3 is 0 Å². The molecule has 0 aliphatic heterocycles. The normalized spacial score (nSPS) is 0. The first-order valence-electron chi connectivity index (χ1n) is 0. The first-order chi connectivity index (χ1) is 0. The SMILES string of the molecule is [Ba].[K].[La].[Na]. The van der Waals surface area contributed by atoms with E-state index in [1.54, 1.807) is 0 Å². The smallest absolute Gasteiger partial charge is 0 e. The summed E-state index contributed by atoms with van der Waals surface area (Å²) in [6.07, 6.45) is 0. The fraction of sp³-hybridized carbons (Fsp3) is 0. The third-order valence-corrected chi connectivity index (χ3v) is 0. The molecule has 0 bridgehead atoms. The Morgan fingerprint density at radius 2 is 1.00 bits per heavy atom. The molecule has 0 saturated heterocycles. The Morgan fingerprint density at radius 1 is 1.00 bits per heavy atom. The third-order valence-electron chi connectivity index (χ3n) is 0. The second-order valence-corrected chi connectivity index (χ2v) is 0. The van der Waals surface area contributed by atoms with E-state index in [2.05, 4.69) is 0 Å². The number of hydrogen-bond acceptors (Lipinski definition) is 0. The molecule has 0 fully saturated rings. The molecule has 0 amide bonds. The van der Waals surface area contributed by atoms with E-state index in [1.807, 2.05) is 0 Å². The molecule has 0 nitrogen and oxygen atoms in total. The van der Waals surface area contributed by atoms with E-state index in [1.165, 1.54) is 0 Å². The van der Waals surface area contributed by atoms with Gasteiger partial charge in [-0.15, -0.1) is 0 Å². The van der Waals surface area contributed by atoms with E-state index >= 15 is 0 Å². The molecular weight excluding hydrogens is 338 g/mol. The molecule has 0 saturated carbocycles. The van der Waals surface area contributed by atoms with Crippen molar-refractivity contribution in [1.82, 2.24) is 0 Å². The standard InChI is InChI=1S/Ba.K.La.Na. The van der Waals surface area contributed by atoms with Crippen molar-refractivity contribution in [3.63, 3.8) is 0 Å². The Hall–Kier alpha value is 5.40. The van der Waals surface area contributed by atoms with Gasteiger partial charge in [0.25, 0.3) is 0 Å². The van der Waals surface area contributed by atoms with Gasteiger partial charge in [-0.25, -0.2) is 0 Å². The van der Waals surface area contributed by atoms with E-state index in [4.69, 9.17) is 0 Å². The van der Waals surface area contributed by atoms with Crippen LogP contribution in [0.4, 0.5) is 0 Å². The monoisotopic (exact) mass is 339 g/mol. The van der Waals surface area contributed by atoms with E-state index in [0.29, 0.717) is 0 Å². The average Bonchev–Trinajstić information content (AvgIpc) is 0. The van der Waals surface area contributed by atoms with Crippen molar-refractivity contribution >= 4 is 130 Å². The van der Waals surface area contributed by atoms with Crippen molar-refractivity contribution in [2.45, 2.75) is 0 Å². The van der Waals surface area contributed by atoms with Crippen LogP contribution in [-0.2, 0) is 0 Å². The minimum atomic E-state index is 0. The van der Waals surface area contributed by atoms with Crippen molar-refractivity contribution < 1.29 is 35.6 Å². The van der Waals surface area contributed by atoms with E-state index < -0.39 is 0 Å². The van der Waals surface area contributed by atoms with Crippen LogP contribution < -0.4 is 0 Å². The first kappa shape index (κ1) is 22.7. The fourth-order valence-electron chi connectivity index (χ4n) is 0. The molecule has 0 aliphatic rings. The van der Waals surface area contributed by atoms with Crippen LogP contribution in [0, 0.1) is 35.6 Å². The Morgan fingerprint density at radius 3 is 1.00 bits per heavy atom. The predicted octanol–water partition coefficient (Wildman–Crippen LogP) is -1.14. The van der Waals surface area contributed by atoms with Gasteiger partial charge in [0.2, 0.25) is 0 Å². The van der Waals surface area contributed by atoms with Crippen LogP contribution in [0.25, 0.3) is 0 Å². The van der Waals surface area contributed by atoms with Crippen molar-refractivity contribution in [2.75, 3.05) is 0 Å². The summed E-state index contributed by atoms with van der Waals surface area (Å²) in [6.45, 7) is 0. The van der Waals surface area contributed by atoms with E-state index in [0.717, 1.165) is 0 Å². The quantitative estimate of drug-likeness (QED) is 0.490. The fourth-order valence-corrected chi connectivity index (χ4v) is 0. The summed E-state index contributed by atoms with van der Waals surface area (Å²) >= 11 is 0. The average molecular weight is 338 g/mol. The van der Waals surface area contributed by atoms with Crippen LogP contribution in [0.2, 0.25) is 0 Å². The topological polar surface area (TPSA) is 0 Å². The summed E-state index contributed by atoms with van der Waals surface area (Å²) in [5.74, 6) is 0. The molecule has 4 heavy (non-hydrogen) atoms. The molecule has 0 aromatic carbocycles. The van der Waals surface area contributed by atoms with Gasteiger partial charge in [-0.1, -0.05) is 0 Å². The summed E-state index contributed by atoms with van der Waals surface area (Å²) in [5, 5.41) is 0. The summed E-state index contributed by atoms with van der Waals surface area (Å²) in [6, 6.07) is 0. The van der Waals surface area contributed by atoms with E-state index in [-0.39, 0.29) is 165 Å². The van der Waals surface area contributed by atoms with Gasteiger partial charge in [0, 0.05) is 165 Å². The second kappa shape index (κ2) is 15.8. The molecule has 0 aromatic rings. The van der Waals surface area contributed by atoms with Crippen molar-refractivity contribution in [2.24, 2.45) is 0 Å². The maximum Gasteiger partial charge on any atom is 0 e. The largest absolute Gasteiger partial charge is 0 e.